The van der Waals surface area contributed by atoms with Crippen LogP contribution in [0.3, 0.4) is 0 Å². The Morgan fingerprint density at radius 1 is 1.44 bits per heavy atom. The van der Waals surface area contributed by atoms with Crippen LogP contribution in [-0.2, 0) is 0 Å². The maximum atomic E-state index is 11.8. The predicted octanol–water partition coefficient (Wildman–Crippen LogP) is 2.27. The summed E-state index contributed by atoms with van der Waals surface area (Å²) in [5.74, 6) is 1.35. The van der Waals surface area contributed by atoms with Crippen LogP contribution in [0.1, 0.15) is 33.1 Å². The Morgan fingerprint density at radius 2 is 2.25 bits per heavy atom. The summed E-state index contributed by atoms with van der Waals surface area (Å²) in [5.41, 5.74) is 0. The molecule has 4 heteroatoms. The molecule has 4 nitrogen and oxygen atoms in total. The third-order valence-electron chi connectivity index (χ3n) is 3.48. The molecular weight excluding hydrogens is 202 g/mol. The third kappa shape index (κ3) is 2.43. The molecule has 1 N–H and O–H groups in total. The Kier molecular flexibility index (Phi) is 3.27. The van der Waals surface area contributed by atoms with E-state index in [1.165, 1.54) is 23.7 Å². The van der Waals surface area contributed by atoms with E-state index in [2.05, 4.69) is 24.1 Å². The van der Waals surface area contributed by atoms with E-state index < -0.39 is 0 Å². The highest BCUT2D eigenvalue weighted by atomic mass is 16.2. The van der Waals surface area contributed by atoms with Crippen molar-refractivity contribution in [2.24, 2.45) is 11.8 Å². The van der Waals surface area contributed by atoms with Crippen LogP contribution >= 0.6 is 0 Å². The zero-order valence-electron chi connectivity index (χ0n) is 9.89. The quantitative estimate of drug-likeness (QED) is 0.790. The smallest absolute Gasteiger partial charge is 0.327 e. The Balaban J connectivity index is 1.92. The number of rotatable bonds is 1. The zero-order chi connectivity index (χ0) is 11.5. The van der Waals surface area contributed by atoms with Crippen molar-refractivity contribution in [2.75, 3.05) is 0 Å². The molecule has 1 aromatic heterocycles. The van der Waals surface area contributed by atoms with E-state index in [1.807, 2.05) is 0 Å². The number of carbonyl (C=O) groups is 1. The fourth-order valence-electron chi connectivity index (χ4n) is 2.49. The monoisotopic (exact) mass is 221 g/mol. The van der Waals surface area contributed by atoms with Crippen molar-refractivity contribution in [1.29, 1.82) is 0 Å². The second-order valence-corrected chi connectivity index (χ2v) is 4.92. The van der Waals surface area contributed by atoms with Gasteiger partial charge >= 0.3 is 6.03 Å². The first-order valence-electron chi connectivity index (χ1n) is 5.95. The van der Waals surface area contributed by atoms with Gasteiger partial charge in [0.15, 0.2) is 0 Å². The average Bonchev–Trinajstić information content (AvgIpc) is 2.75. The average molecular weight is 221 g/mol. The highest BCUT2D eigenvalue weighted by molar-refractivity contribution is 5.76. The second kappa shape index (κ2) is 4.68. The minimum Gasteiger partial charge on any atom is -0.334 e. The molecule has 1 aliphatic carbocycles. The van der Waals surface area contributed by atoms with Crippen LogP contribution in [0.2, 0.25) is 0 Å². The molecule has 0 saturated heterocycles. The van der Waals surface area contributed by atoms with Crippen LogP contribution in [0.5, 0.6) is 0 Å². The topological polar surface area (TPSA) is 46.9 Å². The number of hydrogen-bond donors (Lipinski definition) is 1. The van der Waals surface area contributed by atoms with Crippen LogP contribution in [0.25, 0.3) is 0 Å². The number of hydrogen-bond acceptors (Lipinski definition) is 2. The van der Waals surface area contributed by atoms with Gasteiger partial charge in [0.25, 0.3) is 0 Å². The van der Waals surface area contributed by atoms with E-state index in [0.29, 0.717) is 12.0 Å². The van der Waals surface area contributed by atoms with Crippen molar-refractivity contribution >= 4 is 6.03 Å². The van der Waals surface area contributed by atoms with Crippen LogP contribution < -0.4 is 5.32 Å². The Labute approximate surface area is 96.1 Å². The van der Waals surface area contributed by atoms with Crippen LogP contribution in [0, 0.1) is 11.8 Å². The SMILES string of the molecule is CC1CCC(NC(=O)n2ccnc2)C(C)C1. The highest BCUT2D eigenvalue weighted by Crippen LogP contribution is 2.28. The number of imidazole rings is 1. The van der Waals surface area contributed by atoms with Gasteiger partial charge in [0, 0.05) is 18.4 Å². The Bertz CT molecular complexity index is 347. The summed E-state index contributed by atoms with van der Waals surface area (Å²) in [6.07, 6.45) is 8.32. The normalized spacial score (nSPS) is 30.0. The van der Waals surface area contributed by atoms with Crippen molar-refractivity contribution in [2.45, 2.75) is 39.2 Å². The lowest BCUT2D eigenvalue weighted by Gasteiger charge is -2.33. The van der Waals surface area contributed by atoms with Gasteiger partial charge in [-0.05, 0) is 31.1 Å². The van der Waals surface area contributed by atoms with Crippen LogP contribution in [0.4, 0.5) is 4.79 Å². The Morgan fingerprint density at radius 3 is 2.88 bits per heavy atom. The van der Waals surface area contributed by atoms with Gasteiger partial charge in [0.1, 0.15) is 6.33 Å². The molecule has 0 spiro atoms. The minimum absolute atomic E-state index is 0.0658. The van der Waals surface area contributed by atoms with Gasteiger partial charge in [-0.2, -0.15) is 0 Å². The number of aromatic nitrogens is 2. The standard InChI is InChI=1S/C12H19N3O/c1-9-3-4-11(10(2)7-9)14-12(16)15-6-5-13-8-15/h5-6,8-11H,3-4,7H2,1-2H3,(H,14,16). The largest absolute Gasteiger partial charge is 0.334 e. The molecule has 16 heavy (non-hydrogen) atoms. The molecule has 1 amide bonds. The van der Waals surface area contributed by atoms with E-state index >= 15 is 0 Å². The van der Waals surface area contributed by atoms with Crippen LogP contribution in [-0.4, -0.2) is 21.6 Å². The molecule has 2 rings (SSSR count). The van der Waals surface area contributed by atoms with Gasteiger partial charge in [-0.3, -0.25) is 4.57 Å². The number of carbonyl (C=O) groups excluding carboxylic acids is 1. The molecule has 0 aliphatic heterocycles. The molecule has 1 heterocycles. The summed E-state index contributed by atoms with van der Waals surface area (Å²) in [6, 6.07) is 0.245. The molecule has 1 saturated carbocycles. The number of nitrogens with zero attached hydrogens (tertiary/aromatic N) is 2. The van der Waals surface area contributed by atoms with Crippen molar-refractivity contribution in [3.63, 3.8) is 0 Å². The molecule has 0 bridgehead atoms. The van der Waals surface area contributed by atoms with Gasteiger partial charge in [0.05, 0.1) is 0 Å². The first kappa shape index (κ1) is 11.2. The van der Waals surface area contributed by atoms with Crippen molar-refractivity contribution in [3.05, 3.63) is 18.7 Å². The fraction of sp³-hybridized carbons (Fsp3) is 0.667. The molecule has 1 aromatic rings. The highest BCUT2D eigenvalue weighted by Gasteiger charge is 2.26. The molecule has 0 radical (unpaired) electrons. The molecule has 3 atom stereocenters. The fourth-order valence-corrected chi connectivity index (χ4v) is 2.49. The van der Waals surface area contributed by atoms with Gasteiger partial charge in [-0.15, -0.1) is 0 Å². The van der Waals surface area contributed by atoms with Gasteiger partial charge in [-0.1, -0.05) is 13.8 Å². The van der Waals surface area contributed by atoms with Gasteiger partial charge in [0.2, 0.25) is 0 Å². The van der Waals surface area contributed by atoms with Gasteiger partial charge in [-0.25, -0.2) is 9.78 Å². The summed E-state index contributed by atoms with van der Waals surface area (Å²) in [6.45, 7) is 4.50. The summed E-state index contributed by atoms with van der Waals surface area (Å²) < 4.78 is 1.49. The van der Waals surface area contributed by atoms with E-state index in [1.54, 1.807) is 12.4 Å². The molecule has 0 aromatic carbocycles. The minimum atomic E-state index is -0.0658. The molecule has 1 aliphatic rings. The van der Waals surface area contributed by atoms with E-state index in [0.717, 1.165) is 12.3 Å². The van der Waals surface area contributed by atoms with Crippen molar-refractivity contribution in [3.8, 4) is 0 Å². The lowest BCUT2D eigenvalue weighted by atomic mass is 9.80. The van der Waals surface area contributed by atoms with Crippen molar-refractivity contribution < 1.29 is 4.79 Å². The van der Waals surface area contributed by atoms with E-state index in [-0.39, 0.29) is 6.03 Å². The molecular formula is C12H19N3O. The molecule has 3 unspecified atom stereocenters. The third-order valence-corrected chi connectivity index (χ3v) is 3.48. The predicted molar refractivity (Wildman–Crippen MR) is 62.1 cm³/mol. The first-order valence-corrected chi connectivity index (χ1v) is 5.95. The lowest BCUT2D eigenvalue weighted by Crippen LogP contribution is -2.43. The van der Waals surface area contributed by atoms with Crippen molar-refractivity contribution in [1.82, 2.24) is 14.9 Å². The second-order valence-electron chi connectivity index (χ2n) is 4.92. The summed E-state index contributed by atoms with van der Waals surface area (Å²) in [7, 11) is 0. The molecule has 1 fully saturated rings. The summed E-state index contributed by atoms with van der Waals surface area (Å²) in [4.78, 5) is 15.7. The molecule has 88 valence electrons. The van der Waals surface area contributed by atoms with Gasteiger partial charge < -0.3 is 5.32 Å². The Hall–Kier alpha value is -1.32. The number of nitrogens with one attached hydrogen (secondary N) is 1. The lowest BCUT2D eigenvalue weighted by molar-refractivity contribution is 0.207. The van der Waals surface area contributed by atoms with Crippen LogP contribution in [0.15, 0.2) is 18.7 Å². The van der Waals surface area contributed by atoms with E-state index in [4.69, 9.17) is 0 Å². The summed E-state index contributed by atoms with van der Waals surface area (Å²) >= 11 is 0. The summed E-state index contributed by atoms with van der Waals surface area (Å²) in [5, 5.41) is 3.08. The number of amides is 1. The maximum Gasteiger partial charge on any atom is 0.327 e. The van der Waals surface area contributed by atoms with E-state index in [9.17, 15) is 4.79 Å². The maximum absolute atomic E-state index is 11.8. The first-order chi connectivity index (χ1) is 7.66. The zero-order valence-corrected chi connectivity index (χ0v) is 9.89.